The van der Waals surface area contributed by atoms with E-state index in [0.29, 0.717) is 36.2 Å². The topological polar surface area (TPSA) is 58.6 Å². The maximum Gasteiger partial charge on any atom is 0.173 e. The Kier molecular flexibility index (Phi) is 5.75. The quantitative estimate of drug-likeness (QED) is 0.471. The van der Waals surface area contributed by atoms with E-state index in [1.54, 1.807) is 6.07 Å². The summed E-state index contributed by atoms with van der Waals surface area (Å²) in [5.74, 6) is 6.04. The van der Waals surface area contributed by atoms with Gasteiger partial charge in [0.2, 0.25) is 0 Å². The molecule has 1 aromatic carbocycles. The highest BCUT2D eigenvalue weighted by Gasteiger charge is 2.09. The fourth-order valence-electron chi connectivity index (χ4n) is 1.40. The zero-order valence-electron chi connectivity index (χ0n) is 10.6. The number of aldehydes is 1. The summed E-state index contributed by atoms with van der Waals surface area (Å²) in [6.45, 7) is 3.01. The average molecular weight is 247 g/mol. The molecular weight excluding hydrogens is 230 g/mol. The molecule has 0 unspecified atom stereocenters. The highest BCUT2D eigenvalue weighted by Crippen LogP contribution is 2.30. The Morgan fingerprint density at radius 3 is 2.89 bits per heavy atom. The monoisotopic (exact) mass is 247 g/mol. The van der Waals surface area contributed by atoms with Gasteiger partial charge in [0.1, 0.15) is 6.29 Å². The van der Waals surface area contributed by atoms with Crippen LogP contribution < -0.4 is 10.1 Å². The first-order chi connectivity index (χ1) is 8.72. The number of phenolic OH excluding ortho intramolecular Hbond substituents is 1. The molecule has 0 aliphatic carbocycles. The van der Waals surface area contributed by atoms with Gasteiger partial charge < -0.3 is 15.2 Å². The predicted octanol–water partition coefficient (Wildman–Crippen LogP) is 1.56. The number of nitrogens with one attached hydrogen (secondary N) is 1. The van der Waals surface area contributed by atoms with Gasteiger partial charge in [0.05, 0.1) is 12.2 Å². The van der Waals surface area contributed by atoms with E-state index in [-0.39, 0.29) is 5.75 Å². The van der Waals surface area contributed by atoms with Crippen molar-refractivity contribution >= 4 is 6.29 Å². The lowest BCUT2D eigenvalue weighted by Crippen LogP contribution is -2.05. The van der Waals surface area contributed by atoms with E-state index < -0.39 is 0 Å². The van der Waals surface area contributed by atoms with Crippen molar-refractivity contribution in [2.75, 3.05) is 20.2 Å². The fraction of sp³-hybridized carbons (Fsp3) is 0.357. The molecule has 0 aliphatic rings. The van der Waals surface area contributed by atoms with Crippen molar-refractivity contribution in [3.63, 3.8) is 0 Å². The standard InChI is InChI=1S/C14H17NO3/c1-3-18-13-9-11(10-16)8-12(14(13)17)6-4-5-7-15-2/h8-10,15,17H,3,5,7H2,1-2H3. The van der Waals surface area contributed by atoms with E-state index in [2.05, 4.69) is 17.2 Å². The summed E-state index contributed by atoms with van der Waals surface area (Å²) in [5.41, 5.74) is 0.855. The number of hydrogen-bond donors (Lipinski definition) is 2. The highest BCUT2D eigenvalue weighted by atomic mass is 16.5. The lowest BCUT2D eigenvalue weighted by Gasteiger charge is -2.08. The van der Waals surface area contributed by atoms with Crippen molar-refractivity contribution in [1.82, 2.24) is 5.32 Å². The van der Waals surface area contributed by atoms with Crippen molar-refractivity contribution < 1.29 is 14.6 Å². The van der Waals surface area contributed by atoms with E-state index in [1.165, 1.54) is 6.07 Å². The second-order valence-corrected chi connectivity index (χ2v) is 3.62. The third-order valence-corrected chi connectivity index (χ3v) is 2.26. The molecule has 0 bridgehead atoms. The Bertz CT molecular complexity index is 472. The molecule has 0 atom stereocenters. The van der Waals surface area contributed by atoms with Gasteiger partial charge in [-0.05, 0) is 26.1 Å². The third kappa shape index (κ3) is 3.79. The summed E-state index contributed by atoms with van der Waals surface area (Å²) in [5, 5.41) is 12.9. The minimum Gasteiger partial charge on any atom is -0.503 e. The van der Waals surface area contributed by atoms with Gasteiger partial charge in [-0.3, -0.25) is 4.79 Å². The summed E-state index contributed by atoms with van der Waals surface area (Å²) in [6.07, 6.45) is 1.38. The molecular formula is C14H17NO3. The second-order valence-electron chi connectivity index (χ2n) is 3.62. The van der Waals surface area contributed by atoms with Gasteiger partial charge >= 0.3 is 0 Å². The second kappa shape index (κ2) is 7.36. The van der Waals surface area contributed by atoms with Crippen LogP contribution in [-0.4, -0.2) is 31.6 Å². The number of hydrogen-bond acceptors (Lipinski definition) is 4. The summed E-state index contributed by atoms with van der Waals surface area (Å²) in [4.78, 5) is 10.8. The SMILES string of the molecule is CCOc1cc(C=O)cc(C#CCCNC)c1O. The molecule has 0 saturated heterocycles. The van der Waals surface area contributed by atoms with E-state index >= 15 is 0 Å². The molecule has 1 rings (SSSR count). The first-order valence-electron chi connectivity index (χ1n) is 5.81. The Balaban J connectivity index is 3.03. The predicted molar refractivity (Wildman–Crippen MR) is 70.1 cm³/mol. The molecule has 0 aromatic heterocycles. The molecule has 0 aliphatic heterocycles. The van der Waals surface area contributed by atoms with Crippen LogP contribution >= 0.6 is 0 Å². The Hall–Kier alpha value is -1.99. The summed E-state index contributed by atoms with van der Waals surface area (Å²) < 4.78 is 5.26. The fourth-order valence-corrected chi connectivity index (χ4v) is 1.40. The number of rotatable bonds is 5. The van der Waals surface area contributed by atoms with Gasteiger partial charge in [0.15, 0.2) is 11.5 Å². The molecule has 2 N–H and O–H groups in total. The van der Waals surface area contributed by atoms with Crippen LogP contribution in [0.25, 0.3) is 0 Å². The number of benzene rings is 1. The van der Waals surface area contributed by atoms with Crippen LogP contribution in [0.4, 0.5) is 0 Å². The van der Waals surface area contributed by atoms with Crippen LogP contribution in [0.15, 0.2) is 12.1 Å². The number of phenols is 1. The molecule has 0 spiro atoms. The van der Waals surface area contributed by atoms with Crippen LogP contribution in [-0.2, 0) is 0 Å². The maximum absolute atomic E-state index is 10.8. The molecule has 0 saturated carbocycles. The molecule has 0 heterocycles. The van der Waals surface area contributed by atoms with Gasteiger partial charge in [-0.15, -0.1) is 0 Å². The number of aromatic hydroxyl groups is 1. The Labute approximate surface area is 107 Å². The lowest BCUT2D eigenvalue weighted by molar-refractivity contribution is 0.112. The molecule has 18 heavy (non-hydrogen) atoms. The summed E-state index contributed by atoms with van der Waals surface area (Å²) in [7, 11) is 1.85. The van der Waals surface area contributed by atoms with E-state index in [4.69, 9.17) is 4.74 Å². The van der Waals surface area contributed by atoms with Crippen molar-refractivity contribution in [2.24, 2.45) is 0 Å². The van der Waals surface area contributed by atoms with E-state index in [0.717, 1.165) is 6.54 Å². The molecule has 0 fully saturated rings. The summed E-state index contributed by atoms with van der Waals surface area (Å²) >= 11 is 0. The van der Waals surface area contributed by atoms with Crippen molar-refractivity contribution in [3.05, 3.63) is 23.3 Å². The minimum atomic E-state index is -0.0144. The van der Waals surface area contributed by atoms with Crippen molar-refractivity contribution in [3.8, 4) is 23.3 Å². The highest BCUT2D eigenvalue weighted by molar-refractivity contribution is 5.78. The Morgan fingerprint density at radius 1 is 1.50 bits per heavy atom. The van der Waals surface area contributed by atoms with Crippen LogP contribution in [0, 0.1) is 11.8 Å². The zero-order valence-corrected chi connectivity index (χ0v) is 10.6. The van der Waals surface area contributed by atoms with Gasteiger partial charge in [-0.1, -0.05) is 11.8 Å². The maximum atomic E-state index is 10.8. The van der Waals surface area contributed by atoms with Crippen LogP contribution in [0.3, 0.4) is 0 Å². The molecule has 0 radical (unpaired) electrons. The molecule has 0 amide bonds. The molecule has 96 valence electrons. The van der Waals surface area contributed by atoms with Crippen molar-refractivity contribution in [1.29, 1.82) is 0 Å². The smallest absolute Gasteiger partial charge is 0.173 e. The lowest BCUT2D eigenvalue weighted by atomic mass is 10.1. The summed E-state index contributed by atoms with van der Waals surface area (Å²) in [6, 6.07) is 3.06. The van der Waals surface area contributed by atoms with Gasteiger partial charge in [-0.25, -0.2) is 0 Å². The van der Waals surface area contributed by atoms with E-state index in [9.17, 15) is 9.90 Å². The number of carbonyl (C=O) groups excluding carboxylic acids is 1. The number of ether oxygens (including phenoxy) is 1. The van der Waals surface area contributed by atoms with Gasteiger partial charge in [0, 0.05) is 18.5 Å². The Morgan fingerprint density at radius 2 is 2.28 bits per heavy atom. The largest absolute Gasteiger partial charge is 0.503 e. The van der Waals surface area contributed by atoms with Crippen LogP contribution in [0.5, 0.6) is 11.5 Å². The first kappa shape index (κ1) is 14.1. The van der Waals surface area contributed by atoms with Crippen LogP contribution in [0.1, 0.15) is 29.3 Å². The average Bonchev–Trinajstić information content (AvgIpc) is 2.38. The van der Waals surface area contributed by atoms with Crippen LogP contribution in [0.2, 0.25) is 0 Å². The first-order valence-corrected chi connectivity index (χ1v) is 5.81. The van der Waals surface area contributed by atoms with E-state index in [1.807, 2.05) is 14.0 Å². The minimum absolute atomic E-state index is 0.0144. The normalized spacial score (nSPS) is 9.44. The van der Waals surface area contributed by atoms with Gasteiger partial charge in [0.25, 0.3) is 0 Å². The molecule has 4 heteroatoms. The van der Waals surface area contributed by atoms with Gasteiger partial charge in [-0.2, -0.15) is 0 Å². The molecule has 1 aromatic rings. The third-order valence-electron chi connectivity index (χ3n) is 2.26. The zero-order chi connectivity index (χ0) is 13.4. The van der Waals surface area contributed by atoms with Crippen molar-refractivity contribution in [2.45, 2.75) is 13.3 Å². The number of carbonyl (C=O) groups is 1. The molecule has 4 nitrogen and oxygen atoms in total.